The summed E-state index contributed by atoms with van der Waals surface area (Å²) in [5.74, 6) is 0.213. The summed E-state index contributed by atoms with van der Waals surface area (Å²) in [6, 6.07) is 9.71. The highest BCUT2D eigenvalue weighted by molar-refractivity contribution is 6.30. The Morgan fingerprint density at radius 3 is 2.55 bits per heavy atom. The summed E-state index contributed by atoms with van der Waals surface area (Å²) < 4.78 is 8.94. The van der Waals surface area contributed by atoms with E-state index in [4.69, 9.17) is 26.3 Å². The molecule has 0 aliphatic carbocycles. The van der Waals surface area contributed by atoms with Crippen molar-refractivity contribution in [3.05, 3.63) is 69.0 Å². The topological polar surface area (TPSA) is 64.7 Å². The van der Waals surface area contributed by atoms with Gasteiger partial charge in [0, 0.05) is 23.8 Å². The number of imidazole rings is 1. The third kappa shape index (κ3) is 3.17. The molecule has 6 rings (SSSR count). The first kappa shape index (κ1) is 20.7. The van der Waals surface area contributed by atoms with Crippen LogP contribution < -0.4 is 10.6 Å². The van der Waals surface area contributed by atoms with E-state index in [9.17, 15) is 4.79 Å². The number of aryl methyl sites for hydroxylation is 1. The lowest BCUT2D eigenvalue weighted by atomic mass is 9.78. The summed E-state index contributed by atoms with van der Waals surface area (Å²) in [5, 5.41) is 0.675. The first-order valence-electron chi connectivity index (χ1n) is 11.3. The van der Waals surface area contributed by atoms with Crippen molar-refractivity contribution in [2.75, 3.05) is 31.2 Å². The van der Waals surface area contributed by atoms with Crippen LogP contribution in [0.1, 0.15) is 36.7 Å². The summed E-state index contributed by atoms with van der Waals surface area (Å²) in [5.41, 5.74) is 6.20. The van der Waals surface area contributed by atoms with Crippen molar-refractivity contribution in [1.29, 1.82) is 0 Å². The van der Waals surface area contributed by atoms with Gasteiger partial charge in [-0.05, 0) is 36.6 Å². The number of anilines is 1. The van der Waals surface area contributed by atoms with Crippen LogP contribution in [0.15, 0.2) is 41.3 Å². The highest BCUT2D eigenvalue weighted by Crippen LogP contribution is 2.40. The van der Waals surface area contributed by atoms with Gasteiger partial charge < -0.3 is 9.64 Å². The molecule has 7 nitrogen and oxygen atoms in total. The number of nitrogens with zero attached hydrogens (tertiary/aromatic N) is 5. The minimum atomic E-state index is -0.101. The molecule has 2 saturated heterocycles. The van der Waals surface area contributed by atoms with Gasteiger partial charge in [-0.2, -0.15) is 0 Å². The predicted octanol–water partition coefficient (Wildman–Crippen LogP) is 4.01. The number of hydrogen-bond donors (Lipinski definition) is 0. The Kier molecular flexibility index (Phi) is 4.58. The standard InChI is InChI=1S/C25H26ClN5O2/c1-15(2)21-16(3)31-23(28-21)22-20(30(24(31)32)10-17-4-6-18(26)7-5-17)8-19(9-27-22)29-11-25(12-29)13-33-14-25/h4-9,15H,10-14H2,1-3H3. The lowest BCUT2D eigenvalue weighted by molar-refractivity contribution is -0.127. The number of fused-ring (bicyclic) bond motifs is 3. The van der Waals surface area contributed by atoms with Gasteiger partial charge in [0.1, 0.15) is 5.52 Å². The van der Waals surface area contributed by atoms with E-state index in [0.29, 0.717) is 22.6 Å². The van der Waals surface area contributed by atoms with Gasteiger partial charge >= 0.3 is 5.69 Å². The van der Waals surface area contributed by atoms with E-state index in [-0.39, 0.29) is 11.6 Å². The van der Waals surface area contributed by atoms with E-state index < -0.39 is 0 Å². The zero-order chi connectivity index (χ0) is 22.9. The molecule has 4 aromatic rings. The summed E-state index contributed by atoms with van der Waals surface area (Å²) in [4.78, 5) is 25.8. The van der Waals surface area contributed by atoms with Crippen LogP contribution in [-0.4, -0.2) is 45.2 Å². The molecule has 0 N–H and O–H groups in total. The summed E-state index contributed by atoms with van der Waals surface area (Å²) in [6.07, 6.45) is 1.91. The fraction of sp³-hybridized carbons (Fsp3) is 0.400. The Morgan fingerprint density at radius 2 is 1.91 bits per heavy atom. The number of aromatic nitrogens is 4. The van der Waals surface area contributed by atoms with Crippen LogP contribution in [0.25, 0.3) is 16.7 Å². The molecule has 0 radical (unpaired) electrons. The molecule has 3 aromatic heterocycles. The first-order chi connectivity index (χ1) is 15.8. The van der Waals surface area contributed by atoms with Crippen LogP contribution in [-0.2, 0) is 11.3 Å². The Labute approximate surface area is 196 Å². The van der Waals surface area contributed by atoms with Gasteiger partial charge in [0.05, 0.1) is 48.3 Å². The molecule has 33 heavy (non-hydrogen) atoms. The number of hydrogen-bond acceptors (Lipinski definition) is 5. The molecule has 8 heteroatoms. The van der Waals surface area contributed by atoms with Gasteiger partial charge in [-0.15, -0.1) is 0 Å². The van der Waals surface area contributed by atoms with Gasteiger partial charge in [0.25, 0.3) is 0 Å². The Morgan fingerprint density at radius 1 is 1.18 bits per heavy atom. The average molecular weight is 464 g/mol. The van der Waals surface area contributed by atoms with Gasteiger partial charge in [-0.3, -0.25) is 4.57 Å². The molecule has 0 atom stereocenters. The molecule has 1 spiro atoms. The Hall–Kier alpha value is -2.90. The number of rotatable bonds is 4. The summed E-state index contributed by atoms with van der Waals surface area (Å²) in [7, 11) is 0. The lowest BCUT2D eigenvalue weighted by Crippen LogP contribution is -2.66. The highest BCUT2D eigenvalue weighted by atomic mass is 35.5. The van der Waals surface area contributed by atoms with E-state index >= 15 is 0 Å². The van der Waals surface area contributed by atoms with E-state index in [1.807, 2.05) is 42.0 Å². The molecule has 0 bridgehead atoms. The van der Waals surface area contributed by atoms with Crippen LogP contribution in [0, 0.1) is 12.3 Å². The Balaban J connectivity index is 1.55. The molecule has 0 unspecified atom stereocenters. The van der Waals surface area contributed by atoms with E-state index in [1.165, 1.54) is 0 Å². The van der Waals surface area contributed by atoms with Crippen molar-refractivity contribution >= 4 is 34.0 Å². The first-order valence-corrected chi connectivity index (χ1v) is 11.7. The highest BCUT2D eigenvalue weighted by Gasteiger charge is 2.49. The zero-order valence-electron chi connectivity index (χ0n) is 19.0. The monoisotopic (exact) mass is 463 g/mol. The lowest BCUT2D eigenvalue weighted by Gasteiger charge is -2.55. The second-order valence-electron chi connectivity index (χ2n) is 9.80. The molecule has 0 amide bonds. The molecule has 1 aromatic carbocycles. The van der Waals surface area contributed by atoms with Gasteiger partial charge in [0.2, 0.25) is 0 Å². The molecular formula is C25H26ClN5O2. The average Bonchev–Trinajstić information content (AvgIpc) is 3.08. The van der Waals surface area contributed by atoms with Crippen LogP contribution in [0.3, 0.4) is 0 Å². The summed E-state index contributed by atoms with van der Waals surface area (Å²) in [6.45, 7) is 10.2. The van der Waals surface area contributed by atoms with Crippen molar-refractivity contribution in [2.24, 2.45) is 5.41 Å². The minimum Gasteiger partial charge on any atom is -0.380 e. The van der Waals surface area contributed by atoms with Gasteiger partial charge in [-0.25, -0.2) is 19.2 Å². The molecule has 2 aliphatic heterocycles. The normalized spacial score (nSPS) is 17.2. The maximum atomic E-state index is 13.8. The molecular weight excluding hydrogens is 438 g/mol. The number of pyridine rings is 1. The molecule has 5 heterocycles. The van der Waals surface area contributed by atoms with Crippen molar-refractivity contribution < 1.29 is 4.74 Å². The second-order valence-corrected chi connectivity index (χ2v) is 10.2. The molecule has 170 valence electrons. The van der Waals surface area contributed by atoms with Crippen LogP contribution in [0.5, 0.6) is 0 Å². The van der Waals surface area contributed by atoms with Gasteiger partial charge in [-0.1, -0.05) is 37.6 Å². The zero-order valence-corrected chi connectivity index (χ0v) is 19.8. The smallest absolute Gasteiger partial charge is 0.335 e. The van der Waals surface area contributed by atoms with Crippen molar-refractivity contribution in [2.45, 2.75) is 33.2 Å². The Bertz CT molecular complexity index is 1440. The molecule has 0 saturated carbocycles. The largest absolute Gasteiger partial charge is 0.380 e. The maximum absolute atomic E-state index is 13.8. The van der Waals surface area contributed by atoms with E-state index in [1.54, 1.807) is 4.40 Å². The van der Waals surface area contributed by atoms with Gasteiger partial charge in [0.15, 0.2) is 5.65 Å². The van der Waals surface area contributed by atoms with Crippen molar-refractivity contribution in [1.82, 2.24) is 18.9 Å². The third-order valence-electron chi connectivity index (χ3n) is 6.96. The number of ether oxygens (including phenoxy) is 1. The van der Waals surface area contributed by atoms with E-state index in [0.717, 1.165) is 60.0 Å². The number of halogens is 1. The number of benzene rings is 1. The second kappa shape index (κ2) is 7.30. The van der Waals surface area contributed by atoms with Crippen molar-refractivity contribution in [3.63, 3.8) is 0 Å². The van der Waals surface area contributed by atoms with Crippen LogP contribution >= 0.6 is 11.6 Å². The summed E-state index contributed by atoms with van der Waals surface area (Å²) >= 11 is 6.08. The molecule has 2 aliphatic rings. The maximum Gasteiger partial charge on any atom is 0.335 e. The van der Waals surface area contributed by atoms with Crippen molar-refractivity contribution in [3.8, 4) is 0 Å². The van der Waals surface area contributed by atoms with Crippen LogP contribution in [0.4, 0.5) is 5.69 Å². The minimum absolute atomic E-state index is 0.101. The quantitative estimate of drug-likeness (QED) is 0.457. The third-order valence-corrected chi connectivity index (χ3v) is 7.21. The SMILES string of the molecule is Cc1c(C(C)C)nc2c3ncc(N4CC5(COC5)C4)cc3n(Cc3ccc(Cl)cc3)c(=O)n12. The fourth-order valence-corrected chi connectivity index (χ4v) is 5.25. The molecule has 2 fully saturated rings. The van der Waals surface area contributed by atoms with Crippen LogP contribution in [0.2, 0.25) is 5.02 Å². The fourth-order valence-electron chi connectivity index (χ4n) is 5.12. The van der Waals surface area contributed by atoms with E-state index in [2.05, 4.69) is 24.8 Å². The predicted molar refractivity (Wildman–Crippen MR) is 130 cm³/mol.